The van der Waals surface area contributed by atoms with Crippen LogP contribution in [0.3, 0.4) is 0 Å². The van der Waals surface area contributed by atoms with Crippen molar-refractivity contribution in [3.05, 3.63) is 180 Å². The SMILES string of the molecule is Cc1ccc(-c2ccc(-c3cc(-c4ccc(-c5ccc(C)cc5)cc4)cc(-c4ccc(-c5ccc(C)cc5)cc4)c3)cc2)cc1. The van der Waals surface area contributed by atoms with Crippen molar-refractivity contribution in [2.75, 3.05) is 0 Å². The topological polar surface area (TPSA) is 0 Å². The highest BCUT2D eigenvalue weighted by Gasteiger charge is 2.10. The molecule has 0 radical (unpaired) electrons. The van der Waals surface area contributed by atoms with Crippen molar-refractivity contribution < 1.29 is 0 Å². The standard InChI is InChI=1S/C45H36/c1-31-4-10-34(11-5-31)37-16-22-40(23-17-37)43-28-44(41-24-18-38(19-25-41)35-12-6-32(2)7-13-35)30-45(29-43)42-26-20-39(21-27-42)36-14-8-33(3)9-15-36/h4-30H,1-3H3. The van der Waals surface area contributed by atoms with Gasteiger partial charge in [-0.15, -0.1) is 0 Å². The van der Waals surface area contributed by atoms with E-state index in [1.165, 1.54) is 83.5 Å². The molecule has 0 bridgehead atoms. The average molecular weight is 577 g/mol. The van der Waals surface area contributed by atoms with Gasteiger partial charge in [0.15, 0.2) is 0 Å². The molecular formula is C45H36. The lowest BCUT2D eigenvalue weighted by atomic mass is 9.91. The Labute approximate surface area is 267 Å². The summed E-state index contributed by atoms with van der Waals surface area (Å²) in [5, 5.41) is 0. The molecular weight excluding hydrogens is 540 g/mol. The van der Waals surface area contributed by atoms with Crippen LogP contribution in [0, 0.1) is 20.8 Å². The number of hydrogen-bond donors (Lipinski definition) is 0. The molecule has 0 aliphatic rings. The van der Waals surface area contributed by atoms with Gasteiger partial charge < -0.3 is 0 Å². The van der Waals surface area contributed by atoms with Gasteiger partial charge in [-0.25, -0.2) is 0 Å². The predicted octanol–water partition coefficient (Wildman–Crippen LogP) is 12.6. The Morgan fingerprint density at radius 2 is 0.311 bits per heavy atom. The summed E-state index contributed by atoms with van der Waals surface area (Å²) in [5.41, 5.74) is 18.5. The van der Waals surface area contributed by atoms with Crippen molar-refractivity contribution in [3.63, 3.8) is 0 Å². The maximum Gasteiger partial charge on any atom is -0.0172 e. The predicted molar refractivity (Wildman–Crippen MR) is 193 cm³/mol. The van der Waals surface area contributed by atoms with E-state index in [4.69, 9.17) is 0 Å². The Balaban J connectivity index is 1.27. The fourth-order valence-corrected chi connectivity index (χ4v) is 5.93. The maximum absolute atomic E-state index is 2.33. The summed E-state index contributed by atoms with van der Waals surface area (Å²) in [6.45, 7) is 6.39. The Hall–Kier alpha value is -5.46. The largest absolute Gasteiger partial charge is 0.0587 e. The summed E-state index contributed by atoms with van der Waals surface area (Å²) in [4.78, 5) is 0. The van der Waals surface area contributed by atoms with E-state index >= 15 is 0 Å². The van der Waals surface area contributed by atoms with Crippen molar-refractivity contribution >= 4 is 0 Å². The van der Waals surface area contributed by atoms with Crippen LogP contribution in [0.4, 0.5) is 0 Å². The zero-order valence-electron chi connectivity index (χ0n) is 26.1. The van der Waals surface area contributed by atoms with Crippen LogP contribution < -0.4 is 0 Å². The number of rotatable bonds is 6. The summed E-state index contributed by atoms with van der Waals surface area (Å²) in [7, 11) is 0. The van der Waals surface area contributed by atoms with Crippen molar-refractivity contribution in [2.24, 2.45) is 0 Å². The van der Waals surface area contributed by atoms with E-state index in [2.05, 4.69) is 185 Å². The summed E-state index contributed by atoms with van der Waals surface area (Å²) >= 11 is 0. The van der Waals surface area contributed by atoms with Crippen LogP contribution in [0.5, 0.6) is 0 Å². The Morgan fingerprint density at radius 1 is 0.178 bits per heavy atom. The molecule has 0 aromatic heterocycles. The van der Waals surface area contributed by atoms with Gasteiger partial charge >= 0.3 is 0 Å². The minimum atomic E-state index is 1.21. The van der Waals surface area contributed by atoms with Gasteiger partial charge in [-0.2, -0.15) is 0 Å². The molecule has 0 atom stereocenters. The molecule has 45 heavy (non-hydrogen) atoms. The monoisotopic (exact) mass is 576 g/mol. The molecule has 0 saturated carbocycles. The number of benzene rings is 7. The first kappa shape index (κ1) is 28.3. The van der Waals surface area contributed by atoms with Crippen molar-refractivity contribution in [1.29, 1.82) is 0 Å². The quantitative estimate of drug-likeness (QED) is 0.185. The van der Waals surface area contributed by atoms with Crippen LogP contribution in [0.2, 0.25) is 0 Å². The molecule has 0 heteroatoms. The Morgan fingerprint density at radius 3 is 0.489 bits per heavy atom. The van der Waals surface area contributed by atoms with E-state index in [-0.39, 0.29) is 0 Å². The highest BCUT2D eigenvalue weighted by Crippen LogP contribution is 2.35. The molecule has 0 amide bonds. The molecule has 7 rings (SSSR count). The molecule has 0 aliphatic carbocycles. The average Bonchev–Trinajstić information content (AvgIpc) is 3.09. The van der Waals surface area contributed by atoms with E-state index in [9.17, 15) is 0 Å². The smallest absolute Gasteiger partial charge is 0.0172 e. The van der Waals surface area contributed by atoms with E-state index in [1.807, 2.05) is 0 Å². The normalized spacial score (nSPS) is 11.0. The molecule has 0 spiro atoms. The minimum Gasteiger partial charge on any atom is -0.0587 e. The van der Waals surface area contributed by atoms with Gasteiger partial charge in [-0.1, -0.05) is 162 Å². The van der Waals surface area contributed by atoms with E-state index in [0.29, 0.717) is 0 Å². The van der Waals surface area contributed by atoms with Crippen LogP contribution in [-0.2, 0) is 0 Å². The van der Waals surface area contributed by atoms with Gasteiger partial charge in [0.2, 0.25) is 0 Å². The van der Waals surface area contributed by atoms with Gasteiger partial charge in [0.05, 0.1) is 0 Å². The third kappa shape index (κ3) is 6.28. The zero-order chi connectivity index (χ0) is 30.8. The Kier molecular flexibility index (Phi) is 7.72. The highest BCUT2D eigenvalue weighted by atomic mass is 14.1. The van der Waals surface area contributed by atoms with Crippen LogP contribution in [0.15, 0.2) is 164 Å². The summed E-state index contributed by atoms with van der Waals surface area (Å²) in [6.07, 6.45) is 0. The second-order valence-electron chi connectivity index (χ2n) is 12.1. The molecule has 0 heterocycles. The molecule has 0 nitrogen and oxygen atoms in total. The molecule has 0 fully saturated rings. The first-order valence-electron chi connectivity index (χ1n) is 15.7. The molecule has 0 N–H and O–H groups in total. The fraction of sp³-hybridized carbons (Fsp3) is 0.0667. The van der Waals surface area contributed by atoms with E-state index < -0.39 is 0 Å². The third-order valence-electron chi connectivity index (χ3n) is 8.74. The number of aryl methyl sites for hydroxylation is 3. The van der Waals surface area contributed by atoms with Crippen molar-refractivity contribution in [3.8, 4) is 66.8 Å². The lowest BCUT2D eigenvalue weighted by Gasteiger charge is -2.13. The van der Waals surface area contributed by atoms with Crippen molar-refractivity contribution in [1.82, 2.24) is 0 Å². The van der Waals surface area contributed by atoms with Gasteiger partial charge in [-0.05, 0) is 106 Å². The molecule has 7 aromatic rings. The van der Waals surface area contributed by atoms with Crippen LogP contribution in [-0.4, -0.2) is 0 Å². The van der Waals surface area contributed by atoms with Gasteiger partial charge in [0, 0.05) is 0 Å². The van der Waals surface area contributed by atoms with Crippen LogP contribution in [0.25, 0.3) is 66.8 Å². The summed E-state index contributed by atoms with van der Waals surface area (Å²) in [6, 6.07) is 60.1. The zero-order valence-corrected chi connectivity index (χ0v) is 26.1. The second kappa shape index (κ2) is 12.3. The van der Waals surface area contributed by atoms with E-state index in [0.717, 1.165) is 0 Å². The lowest BCUT2D eigenvalue weighted by Crippen LogP contribution is -1.88. The molecule has 0 unspecified atom stereocenters. The van der Waals surface area contributed by atoms with E-state index in [1.54, 1.807) is 0 Å². The highest BCUT2D eigenvalue weighted by molar-refractivity contribution is 5.83. The maximum atomic E-state index is 2.33. The fourth-order valence-electron chi connectivity index (χ4n) is 5.93. The molecule has 0 aliphatic heterocycles. The van der Waals surface area contributed by atoms with Gasteiger partial charge in [-0.3, -0.25) is 0 Å². The second-order valence-corrected chi connectivity index (χ2v) is 12.1. The lowest BCUT2D eigenvalue weighted by molar-refractivity contribution is 1.47. The first-order valence-corrected chi connectivity index (χ1v) is 15.7. The number of hydrogen-bond acceptors (Lipinski definition) is 0. The summed E-state index contributed by atoms with van der Waals surface area (Å²) in [5.74, 6) is 0. The minimum absolute atomic E-state index is 1.21. The van der Waals surface area contributed by atoms with Crippen LogP contribution >= 0.6 is 0 Å². The molecule has 7 aromatic carbocycles. The first-order chi connectivity index (χ1) is 22.0. The third-order valence-corrected chi connectivity index (χ3v) is 8.74. The Bertz CT molecular complexity index is 1780. The van der Waals surface area contributed by atoms with Gasteiger partial charge in [0.1, 0.15) is 0 Å². The van der Waals surface area contributed by atoms with Crippen molar-refractivity contribution in [2.45, 2.75) is 20.8 Å². The summed E-state index contributed by atoms with van der Waals surface area (Å²) < 4.78 is 0. The van der Waals surface area contributed by atoms with Gasteiger partial charge in [0.25, 0.3) is 0 Å². The van der Waals surface area contributed by atoms with Crippen LogP contribution in [0.1, 0.15) is 16.7 Å². The molecule has 0 saturated heterocycles. The molecule has 216 valence electrons.